The Morgan fingerprint density at radius 2 is 2.15 bits per heavy atom. The molecule has 3 heterocycles. The molecule has 2 aromatic heterocycles. The summed E-state index contributed by atoms with van der Waals surface area (Å²) < 4.78 is 11.0. The van der Waals surface area contributed by atoms with Crippen molar-refractivity contribution in [2.45, 2.75) is 44.1 Å². The van der Waals surface area contributed by atoms with Crippen LogP contribution in [-0.4, -0.2) is 26.7 Å². The largest absolute Gasteiger partial charge is 0.511 e. The van der Waals surface area contributed by atoms with Crippen molar-refractivity contribution in [1.82, 2.24) is 15.5 Å². The van der Waals surface area contributed by atoms with Crippen LogP contribution >= 0.6 is 23.1 Å². The Morgan fingerprint density at radius 3 is 2.77 bits per heavy atom. The molecule has 1 aliphatic rings. The Bertz CT molecular complexity index is 868. The van der Waals surface area contributed by atoms with E-state index in [0.717, 1.165) is 16.1 Å². The Morgan fingerprint density at radius 1 is 1.38 bits per heavy atom. The van der Waals surface area contributed by atoms with E-state index in [2.05, 4.69) is 15.5 Å². The van der Waals surface area contributed by atoms with Crippen molar-refractivity contribution < 1.29 is 19.1 Å². The highest BCUT2D eigenvalue weighted by Crippen LogP contribution is 2.45. The molecule has 1 unspecified atom stereocenters. The van der Waals surface area contributed by atoms with Crippen LogP contribution in [0.25, 0.3) is 5.57 Å². The van der Waals surface area contributed by atoms with Gasteiger partial charge in [-0.25, -0.2) is 4.79 Å². The van der Waals surface area contributed by atoms with Gasteiger partial charge < -0.3 is 19.6 Å². The number of thioether (sulfide) groups is 1. The summed E-state index contributed by atoms with van der Waals surface area (Å²) >= 11 is 2.99. The lowest BCUT2D eigenvalue weighted by molar-refractivity contribution is 0.114. The molecule has 26 heavy (non-hydrogen) atoms. The summed E-state index contributed by atoms with van der Waals surface area (Å²) in [4.78, 5) is 12.2. The molecular weight excluding hydrogens is 374 g/mol. The number of hydrogen-bond donors (Lipinski definition) is 2. The van der Waals surface area contributed by atoms with E-state index in [1.807, 2.05) is 38.3 Å². The quantitative estimate of drug-likeness (QED) is 0.558. The van der Waals surface area contributed by atoms with Crippen molar-refractivity contribution in [3.05, 3.63) is 45.4 Å². The first-order valence-electron chi connectivity index (χ1n) is 8.00. The number of nitrogens with one attached hydrogen (secondary N) is 1. The first-order valence-corrected chi connectivity index (χ1v) is 9.76. The smallest absolute Gasteiger partial charge is 0.449 e. The second-order valence-electron chi connectivity index (χ2n) is 6.01. The molecule has 1 atom stereocenters. The summed E-state index contributed by atoms with van der Waals surface area (Å²) in [5.74, 6) is 0.247. The minimum absolute atomic E-state index is 0.309. The average Bonchev–Trinajstić information content (AvgIpc) is 3.20. The molecule has 0 fully saturated rings. The zero-order valence-corrected chi connectivity index (χ0v) is 16.4. The van der Waals surface area contributed by atoms with Crippen LogP contribution in [0, 0.1) is 0 Å². The number of thiophene rings is 1. The van der Waals surface area contributed by atoms with Gasteiger partial charge in [0.1, 0.15) is 5.76 Å². The summed E-state index contributed by atoms with van der Waals surface area (Å²) in [7, 11) is 0. The Balaban J connectivity index is 2.07. The normalized spacial score (nSPS) is 17.7. The molecule has 9 heteroatoms. The molecule has 0 saturated carbocycles. The van der Waals surface area contributed by atoms with Gasteiger partial charge in [-0.1, -0.05) is 31.7 Å². The van der Waals surface area contributed by atoms with E-state index in [0.29, 0.717) is 27.8 Å². The third kappa shape index (κ3) is 3.78. The Kier molecular flexibility index (Phi) is 5.38. The van der Waals surface area contributed by atoms with Crippen molar-refractivity contribution in [3.8, 4) is 0 Å². The number of allylic oxidation sites excluding steroid dienone is 3. The zero-order valence-electron chi connectivity index (χ0n) is 14.8. The summed E-state index contributed by atoms with van der Waals surface area (Å²) in [5.41, 5.74) is 2.18. The molecule has 0 amide bonds. The van der Waals surface area contributed by atoms with Crippen LogP contribution in [0.15, 0.2) is 44.3 Å². The molecule has 0 saturated heterocycles. The maximum Gasteiger partial charge on any atom is 0.511 e. The van der Waals surface area contributed by atoms with Gasteiger partial charge >= 0.3 is 6.16 Å². The minimum Gasteiger partial charge on any atom is -0.449 e. The number of aromatic nitrogens is 2. The van der Waals surface area contributed by atoms with Crippen LogP contribution < -0.4 is 5.32 Å². The van der Waals surface area contributed by atoms with Gasteiger partial charge in [0.25, 0.3) is 5.22 Å². The van der Waals surface area contributed by atoms with Gasteiger partial charge in [-0.05, 0) is 25.3 Å². The van der Waals surface area contributed by atoms with Gasteiger partial charge in [-0.2, -0.15) is 0 Å². The first kappa shape index (κ1) is 18.5. The Hall–Kier alpha value is -2.26. The van der Waals surface area contributed by atoms with Crippen molar-refractivity contribution in [1.29, 1.82) is 0 Å². The molecule has 2 aromatic rings. The number of hydrogen-bond acceptors (Lipinski definition) is 8. The zero-order chi connectivity index (χ0) is 18.8. The van der Waals surface area contributed by atoms with Gasteiger partial charge in [0.05, 0.1) is 17.2 Å². The second-order valence-corrected chi connectivity index (χ2v) is 8.52. The summed E-state index contributed by atoms with van der Waals surface area (Å²) in [6, 6.07) is 3.85. The van der Waals surface area contributed by atoms with E-state index in [-0.39, 0.29) is 0 Å². The van der Waals surface area contributed by atoms with Gasteiger partial charge in [-0.15, -0.1) is 21.5 Å². The number of carbonyl (C=O) groups is 1. The van der Waals surface area contributed by atoms with Gasteiger partial charge in [0.15, 0.2) is 0 Å². The number of dihydropyridines is 1. The van der Waals surface area contributed by atoms with Crippen LogP contribution in [0.1, 0.15) is 44.4 Å². The van der Waals surface area contributed by atoms with Crippen LogP contribution in [0.4, 0.5) is 4.79 Å². The predicted molar refractivity (Wildman–Crippen MR) is 99.9 cm³/mol. The second kappa shape index (κ2) is 7.55. The summed E-state index contributed by atoms with van der Waals surface area (Å²) in [5, 5.41) is 23.4. The fourth-order valence-corrected chi connectivity index (χ4v) is 4.23. The number of ether oxygens (including phenoxy) is 1. The van der Waals surface area contributed by atoms with E-state index in [1.165, 1.54) is 23.1 Å². The number of nitrogens with zero attached hydrogens (tertiary/aromatic N) is 2. The van der Waals surface area contributed by atoms with E-state index in [9.17, 15) is 9.90 Å². The van der Waals surface area contributed by atoms with Crippen LogP contribution in [-0.2, 0) is 4.74 Å². The van der Waals surface area contributed by atoms with Crippen LogP contribution in [0.5, 0.6) is 0 Å². The maximum absolute atomic E-state index is 11.2. The van der Waals surface area contributed by atoms with Gasteiger partial charge in [0, 0.05) is 15.8 Å². The predicted octanol–water partition coefficient (Wildman–Crippen LogP) is 4.68. The van der Waals surface area contributed by atoms with Gasteiger partial charge in [0.2, 0.25) is 5.89 Å². The molecule has 7 nitrogen and oxygen atoms in total. The molecular formula is C17H19N3O4S2. The molecule has 1 aliphatic heterocycles. The molecule has 0 aliphatic carbocycles. The maximum atomic E-state index is 11.2. The minimum atomic E-state index is -1.36. The lowest BCUT2D eigenvalue weighted by atomic mass is 9.89. The number of rotatable bonds is 5. The van der Waals surface area contributed by atoms with E-state index in [4.69, 9.17) is 9.15 Å². The van der Waals surface area contributed by atoms with Gasteiger partial charge in [-0.3, -0.25) is 0 Å². The molecule has 0 radical (unpaired) electrons. The molecule has 0 spiro atoms. The average molecular weight is 393 g/mol. The third-order valence-corrected chi connectivity index (χ3v) is 5.47. The van der Waals surface area contributed by atoms with E-state index < -0.39 is 12.1 Å². The van der Waals surface area contributed by atoms with E-state index in [1.54, 1.807) is 6.92 Å². The molecule has 138 valence electrons. The highest BCUT2D eigenvalue weighted by Gasteiger charge is 2.36. The molecule has 0 bridgehead atoms. The van der Waals surface area contributed by atoms with Crippen molar-refractivity contribution in [3.63, 3.8) is 0 Å². The monoisotopic (exact) mass is 393 g/mol. The first-order chi connectivity index (χ1) is 12.4. The van der Waals surface area contributed by atoms with Crippen molar-refractivity contribution in [2.24, 2.45) is 0 Å². The highest BCUT2D eigenvalue weighted by atomic mass is 32.2. The fourth-order valence-electron chi connectivity index (χ4n) is 2.78. The molecule has 2 N–H and O–H groups in total. The molecule has 0 aromatic carbocycles. The lowest BCUT2D eigenvalue weighted by Crippen LogP contribution is -2.25. The number of carboxylic acid groups (broad SMARTS) is 1. The fraction of sp³-hybridized carbons (Fsp3) is 0.353. The standard InChI is InChI=1S/C17H19N3O4S2/c1-8(2)26-16-20-19-15(24-16)12-9(3)18-10(4)14(23-17(21)22)13(12)11-6-5-7-25-11/h5-8,13,18H,1-4H3,(H,21,22). The SMILES string of the molecule is CC1=C(OC(=O)O)C(c2cccs2)C(c2nnc(SC(C)C)o2)=C(C)N1. The molecule has 3 rings (SSSR count). The third-order valence-electron chi connectivity index (χ3n) is 3.70. The van der Waals surface area contributed by atoms with E-state index >= 15 is 0 Å². The van der Waals surface area contributed by atoms with Crippen molar-refractivity contribution >= 4 is 34.8 Å². The topological polar surface area (TPSA) is 97.5 Å². The summed E-state index contributed by atoms with van der Waals surface area (Å²) in [6.45, 7) is 7.77. The van der Waals surface area contributed by atoms with Crippen LogP contribution in [0.3, 0.4) is 0 Å². The lowest BCUT2D eigenvalue weighted by Gasteiger charge is -2.28. The summed E-state index contributed by atoms with van der Waals surface area (Å²) in [6.07, 6.45) is -1.36. The van der Waals surface area contributed by atoms with Crippen LogP contribution in [0.2, 0.25) is 0 Å². The Labute approximate surface area is 159 Å². The van der Waals surface area contributed by atoms with Crippen molar-refractivity contribution in [2.75, 3.05) is 0 Å². The highest BCUT2D eigenvalue weighted by molar-refractivity contribution is 7.99.